The van der Waals surface area contributed by atoms with Crippen LogP contribution in [0.4, 0.5) is 0 Å². The molecule has 0 heterocycles. The van der Waals surface area contributed by atoms with Crippen LogP contribution >= 0.6 is 11.6 Å². The smallest absolute Gasteiger partial charge is 0.326 e. The summed E-state index contributed by atoms with van der Waals surface area (Å²) >= 11 is 5.79. The number of hydrogen-bond donors (Lipinski definition) is 1. The van der Waals surface area contributed by atoms with Gasteiger partial charge in [0.1, 0.15) is 6.04 Å². The number of aliphatic carboxylic acids is 1. The molecular weight excluding hydrogens is 278 g/mol. The normalized spacial score (nSPS) is 11.7. The molecule has 1 amide bonds. The van der Waals surface area contributed by atoms with E-state index in [1.807, 2.05) is 0 Å². The van der Waals surface area contributed by atoms with Crippen molar-refractivity contribution in [1.29, 1.82) is 0 Å². The van der Waals surface area contributed by atoms with Crippen molar-refractivity contribution in [3.63, 3.8) is 0 Å². The summed E-state index contributed by atoms with van der Waals surface area (Å²) in [4.78, 5) is 24.5. The molecule has 0 saturated carbocycles. The number of amides is 1. The van der Waals surface area contributed by atoms with Gasteiger partial charge < -0.3 is 10.0 Å². The molecule has 108 valence electrons. The Morgan fingerprint density at radius 2 is 2.00 bits per heavy atom. The zero-order valence-corrected chi connectivity index (χ0v) is 12.1. The molecule has 1 aromatic carbocycles. The third-order valence-corrected chi connectivity index (χ3v) is 3.30. The molecule has 0 aliphatic rings. The Hall–Kier alpha value is -1.81. The lowest BCUT2D eigenvalue weighted by atomic mass is 10.0. The van der Waals surface area contributed by atoms with E-state index in [0.717, 1.165) is 5.56 Å². The Kier molecular flexibility index (Phi) is 6.25. The fourth-order valence-electron chi connectivity index (χ4n) is 1.81. The van der Waals surface area contributed by atoms with Crippen molar-refractivity contribution < 1.29 is 14.7 Å². The Morgan fingerprint density at radius 3 is 2.50 bits per heavy atom. The first-order valence-electron chi connectivity index (χ1n) is 6.29. The van der Waals surface area contributed by atoms with Gasteiger partial charge in [-0.3, -0.25) is 4.79 Å². The predicted molar refractivity (Wildman–Crippen MR) is 78.8 cm³/mol. The van der Waals surface area contributed by atoms with Crippen LogP contribution in [0.15, 0.2) is 36.9 Å². The van der Waals surface area contributed by atoms with Crippen LogP contribution in [-0.2, 0) is 16.0 Å². The average molecular weight is 296 g/mol. The van der Waals surface area contributed by atoms with Crippen molar-refractivity contribution >= 4 is 23.5 Å². The number of benzene rings is 1. The Labute approximate surface area is 123 Å². The van der Waals surface area contributed by atoms with Crippen LogP contribution in [0.25, 0.3) is 0 Å². The maximum absolute atomic E-state index is 11.9. The van der Waals surface area contributed by atoms with Crippen molar-refractivity contribution in [3.05, 3.63) is 47.5 Å². The van der Waals surface area contributed by atoms with Gasteiger partial charge in [0.2, 0.25) is 5.91 Å². The molecule has 0 saturated heterocycles. The second-order valence-corrected chi connectivity index (χ2v) is 4.95. The summed E-state index contributed by atoms with van der Waals surface area (Å²) < 4.78 is 0. The first-order valence-corrected chi connectivity index (χ1v) is 6.67. The van der Waals surface area contributed by atoms with Gasteiger partial charge in [-0.15, -0.1) is 6.58 Å². The number of carbonyl (C=O) groups is 2. The van der Waals surface area contributed by atoms with Gasteiger partial charge in [-0.2, -0.15) is 0 Å². The number of carboxylic acids is 1. The summed E-state index contributed by atoms with van der Waals surface area (Å²) in [7, 11) is 1.51. The monoisotopic (exact) mass is 295 g/mol. The number of hydrogen-bond acceptors (Lipinski definition) is 2. The topological polar surface area (TPSA) is 57.6 Å². The van der Waals surface area contributed by atoms with Gasteiger partial charge >= 0.3 is 5.97 Å². The third-order valence-electron chi connectivity index (χ3n) is 3.05. The second kappa shape index (κ2) is 7.70. The molecule has 20 heavy (non-hydrogen) atoms. The van der Waals surface area contributed by atoms with E-state index in [1.165, 1.54) is 11.9 Å². The maximum Gasteiger partial charge on any atom is 0.326 e. The zero-order valence-electron chi connectivity index (χ0n) is 11.4. The molecule has 0 aliphatic heterocycles. The fourth-order valence-corrected chi connectivity index (χ4v) is 1.94. The Balaban J connectivity index is 2.78. The summed E-state index contributed by atoms with van der Waals surface area (Å²) in [6, 6.07) is 6.05. The van der Waals surface area contributed by atoms with E-state index in [-0.39, 0.29) is 18.7 Å². The maximum atomic E-state index is 11.9. The number of carbonyl (C=O) groups excluding carboxylic acids is 1. The summed E-state index contributed by atoms with van der Waals surface area (Å²) in [6.07, 6.45) is 2.70. The standard InChI is InChI=1S/C15H18ClNO3/c1-3-4-5-14(18)17(2)13(15(19)20)10-11-6-8-12(16)9-7-11/h3,6-9,13H,1,4-5,10H2,2H3,(H,19,20). The van der Waals surface area contributed by atoms with E-state index in [1.54, 1.807) is 30.3 Å². The Morgan fingerprint density at radius 1 is 1.40 bits per heavy atom. The molecule has 0 aliphatic carbocycles. The van der Waals surface area contributed by atoms with Gasteiger partial charge in [-0.1, -0.05) is 29.8 Å². The fraction of sp³-hybridized carbons (Fsp3) is 0.333. The molecule has 1 atom stereocenters. The number of allylic oxidation sites excluding steroid dienone is 1. The molecule has 4 nitrogen and oxygen atoms in total. The van der Waals surface area contributed by atoms with Crippen LogP contribution in [0.1, 0.15) is 18.4 Å². The minimum absolute atomic E-state index is 0.203. The number of likely N-dealkylation sites (N-methyl/N-ethyl adjacent to an activating group) is 1. The first-order chi connectivity index (χ1) is 9.45. The van der Waals surface area contributed by atoms with E-state index >= 15 is 0 Å². The van der Waals surface area contributed by atoms with Gasteiger partial charge in [0.05, 0.1) is 0 Å². The quantitative estimate of drug-likeness (QED) is 0.787. The van der Waals surface area contributed by atoms with Crippen LogP contribution in [0.2, 0.25) is 5.02 Å². The lowest BCUT2D eigenvalue weighted by Crippen LogP contribution is -2.43. The van der Waals surface area contributed by atoms with Gasteiger partial charge in [0.15, 0.2) is 0 Å². The lowest BCUT2D eigenvalue weighted by molar-refractivity contribution is -0.148. The van der Waals surface area contributed by atoms with Crippen molar-refractivity contribution in [2.24, 2.45) is 0 Å². The summed E-state index contributed by atoms with van der Waals surface area (Å²) in [5.74, 6) is -1.22. The minimum atomic E-state index is -1.02. The highest BCUT2D eigenvalue weighted by atomic mass is 35.5. The molecular formula is C15H18ClNO3. The number of carboxylic acid groups (broad SMARTS) is 1. The summed E-state index contributed by atoms with van der Waals surface area (Å²) in [5.41, 5.74) is 0.824. The van der Waals surface area contributed by atoms with E-state index in [4.69, 9.17) is 11.6 Å². The van der Waals surface area contributed by atoms with Gasteiger partial charge in [0, 0.05) is 24.9 Å². The van der Waals surface area contributed by atoms with Crippen molar-refractivity contribution in [2.75, 3.05) is 7.05 Å². The van der Waals surface area contributed by atoms with Crippen LogP contribution in [0.3, 0.4) is 0 Å². The molecule has 0 aromatic heterocycles. The molecule has 0 radical (unpaired) electrons. The molecule has 1 N–H and O–H groups in total. The van der Waals surface area contributed by atoms with Crippen molar-refractivity contribution in [3.8, 4) is 0 Å². The molecule has 0 spiro atoms. The van der Waals surface area contributed by atoms with Gasteiger partial charge in [-0.25, -0.2) is 4.79 Å². The molecule has 5 heteroatoms. The van der Waals surface area contributed by atoms with Crippen molar-refractivity contribution in [2.45, 2.75) is 25.3 Å². The third kappa shape index (κ3) is 4.70. The number of halogens is 1. The van der Waals surface area contributed by atoms with Crippen LogP contribution < -0.4 is 0 Å². The number of nitrogens with zero attached hydrogens (tertiary/aromatic N) is 1. The molecule has 1 rings (SSSR count). The van der Waals surface area contributed by atoms with Crippen LogP contribution in [0, 0.1) is 0 Å². The van der Waals surface area contributed by atoms with E-state index in [2.05, 4.69) is 6.58 Å². The number of rotatable bonds is 7. The minimum Gasteiger partial charge on any atom is -0.480 e. The highest BCUT2D eigenvalue weighted by Crippen LogP contribution is 2.14. The molecule has 1 aromatic rings. The van der Waals surface area contributed by atoms with Crippen molar-refractivity contribution in [1.82, 2.24) is 4.90 Å². The van der Waals surface area contributed by atoms with Crippen LogP contribution in [-0.4, -0.2) is 35.0 Å². The molecule has 0 bridgehead atoms. The predicted octanol–water partition coefficient (Wildman–Crippen LogP) is 2.76. The van der Waals surface area contributed by atoms with Gasteiger partial charge in [-0.05, 0) is 24.1 Å². The Bertz CT molecular complexity index is 484. The average Bonchev–Trinajstić information content (AvgIpc) is 2.43. The first kappa shape index (κ1) is 16.2. The van der Waals surface area contributed by atoms with Gasteiger partial charge in [0.25, 0.3) is 0 Å². The van der Waals surface area contributed by atoms with E-state index in [0.29, 0.717) is 11.4 Å². The highest BCUT2D eigenvalue weighted by molar-refractivity contribution is 6.30. The molecule has 1 unspecified atom stereocenters. The zero-order chi connectivity index (χ0) is 15.1. The summed E-state index contributed by atoms with van der Waals surface area (Å²) in [5, 5.41) is 9.89. The largest absolute Gasteiger partial charge is 0.480 e. The lowest BCUT2D eigenvalue weighted by Gasteiger charge is -2.25. The summed E-state index contributed by atoms with van der Waals surface area (Å²) in [6.45, 7) is 3.55. The highest BCUT2D eigenvalue weighted by Gasteiger charge is 2.26. The van der Waals surface area contributed by atoms with E-state index in [9.17, 15) is 14.7 Å². The second-order valence-electron chi connectivity index (χ2n) is 4.52. The van der Waals surface area contributed by atoms with E-state index < -0.39 is 12.0 Å². The van der Waals surface area contributed by atoms with Crippen LogP contribution in [0.5, 0.6) is 0 Å². The SMILES string of the molecule is C=CCCC(=O)N(C)C(Cc1ccc(Cl)cc1)C(=O)O. The molecule has 0 fully saturated rings.